The number of fused-ring (bicyclic) bond motifs is 1. The molecule has 3 rings (SSSR count). The zero-order valence-corrected chi connectivity index (χ0v) is 18.3. The summed E-state index contributed by atoms with van der Waals surface area (Å²) in [5.74, 6) is -0.493. The fourth-order valence-corrected chi connectivity index (χ4v) is 4.97. The number of ether oxygens (including phenoxy) is 1. The van der Waals surface area contributed by atoms with Crippen LogP contribution in [-0.2, 0) is 14.8 Å². The van der Waals surface area contributed by atoms with Crippen molar-refractivity contribution in [3.8, 4) is 5.75 Å². The SMILES string of the molecule is CC/C(C)=C\c1ccc2c(c1)N(S(=O)(=O)c1cccc(C)c1)C[C@H](CCC(=O)O)O2. The van der Waals surface area contributed by atoms with Crippen molar-refractivity contribution in [2.75, 3.05) is 10.8 Å². The van der Waals surface area contributed by atoms with Gasteiger partial charge in [-0.3, -0.25) is 9.10 Å². The molecule has 0 saturated carbocycles. The second kappa shape index (κ2) is 8.92. The summed E-state index contributed by atoms with van der Waals surface area (Å²) in [6, 6.07) is 12.2. The molecule has 0 radical (unpaired) electrons. The maximum atomic E-state index is 13.5. The molecule has 0 spiro atoms. The molecule has 7 heteroatoms. The van der Waals surface area contributed by atoms with E-state index in [-0.39, 0.29) is 24.3 Å². The summed E-state index contributed by atoms with van der Waals surface area (Å²) in [4.78, 5) is 11.2. The minimum Gasteiger partial charge on any atom is -0.486 e. The van der Waals surface area contributed by atoms with Crippen molar-refractivity contribution in [2.45, 2.75) is 51.0 Å². The van der Waals surface area contributed by atoms with Gasteiger partial charge >= 0.3 is 5.97 Å². The Hall–Kier alpha value is -2.80. The number of rotatable bonds is 7. The van der Waals surface area contributed by atoms with Crippen LogP contribution in [0.15, 0.2) is 52.9 Å². The number of benzene rings is 2. The van der Waals surface area contributed by atoms with Gasteiger partial charge < -0.3 is 9.84 Å². The molecule has 160 valence electrons. The molecule has 0 unspecified atom stereocenters. The van der Waals surface area contributed by atoms with Gasteiger partial charge in [-0.05, 0) is 62.1 Å². The number of carboxylic acids is 1. The Morgan fingerprint density at radius 2 is 2.03 bits per heavy atom. The molecule has 1 N–H and O–H groups in total. The van der Waals surface area contributed by atoms with E-state index in [0.29, 0.717) is 11.4 Å². The van der Waals surface area contributed by atoms with Gasteiger partial charge in [-0.1, -0.05) is 36.8 Å². The quantitative estimate of drug-likeness (QED) is 0.694. The minimum absolute atomic E-state index is 0.0660. The van der Waals surface area contributed by atoms with Gasteiger partial charge in [0.2, 0.25) is 0 Å². The fourth-order valence-electron chi connectivity index (χ4n) is 3.37. The van der Waals surface area contributed by atoms with Crippen LogP contribution < -0.4 is 9.04 Å². The first kappa shape index (κ1) is 21.9. The highest BCUT2D eigenvalue weighted by Gasteiger charge is 2.34. The van der Waals surface area contributed by atoms with Crippen molar-refractivity contribution in [1.29, 1.82) is 0 Å². The lowest BCUT2D eigenvalue weighted by molar-refractivity contribution is -0.137. The van der Waals surface area contributed by atoms with E-state index in [9.17, 15) is 13.2 Å². The zero-order valence-electron chi connectivity index (χ0n) is 17.5. The molecule has 2 aromatic carbocycles. The molecule has 0 amide bonds. The number of carboxylic acid groups (broad SMARTS) is 1. The predicted molar refractivity (Wildman–Crippen MR) is 117 cm³/mol. The Bertz CT molecular complexity index is 1070. The standard InChI is InChI=1S/C23H27NO5S/c1-4-16(2)12-18-8-10-22-21(14-18)24(15-19(29-22)9-11-23(25)26)30(27,28)20-7-5-6-17(3)13-20/h5-8,10,12-14,19H,4,9,11,15H2,1-3H3,(H,25,26)/b16-12-/t19-/m0/s1. The number of hydrogen-bond donors (Lipinski definition) is 1. The summed E-state index contributed by atoms with van der Waals surface area (Å²) in [5.41, 5.74) is 3.40. The lowest BCUT2D eigenvalue weighted by Crippen LogP contribution is -2.43. The van der Waals surface area contributed by atoms with E-state index in [4.69, 9.17) is 9.84 Å². The van der Waals surface area contributed by atoms with Crippen LogP contribution in [-0.4, -0.2) is 32.1 Å². The minimum atomic E-state index is -3.83. The van der Waals surface area contributed by atoms with Crippen molar-refractivity contribution in [3.05, 3.63) is 59.2 Å². The molecule has 1 atom stereocenters. The van der Waals surface area contributed by atoms with Crippen molar-refractivity contribution in [3.63, 3.8) is 0 Å². The first-order valence-electron chi connectivity index (χ1n) is 9.99. The highest BCUT2D eigenvalue weighted by atomic mass is 32.2. The first-order valence-corrected chi connectivity index (χ1v) is 11.4. The van der Waals surface area contributed by atoms with E-state index >= 15 is 0 Å². The van der Waals surface area contributed by atoms with E-state index in [0.717, 1.165) is 17.5 Å². The number of nitrogens with zero attached hydrogens (tertiary/aromatic N) is 1. The fraction of sp³-hybridized carbons (Fsp3) is 0.348. The maximum absolute atomic E-state index is 13.5. The normalized spacial score (nSPS) is 16.7. The molecule has 30 heavy (non-hydrogen) atoms. The van der Waals surface area contributed by atoms with Crippen LogP contribution in [0, 0.1) is 6.92 Å². The lowest BCUT2D eigenvalue weighted by Gasteiger charge is -2.35. The van der Waals surface area contributed by atoms with E-state index in [1.807, 2.05) is 38.1 Å². The molecule has 2 aromatic rings. The van der Waals surface area contributed by atoms with Crippen LogP contribution in [0.5, 0.6) is 5.75 Å². The summed E-state index contributed by atoms with van der Waals surface area (Å²) in [5, 5.41) is 9.02. The average Bonchev–Trinajstić information content (AvgIpc) is 2.71. The Morgan fingerprint density at radius 3 is 2.70 bits per heavy atom. The third kappa shape index (κ3) is 4.84. The van der Waals surface area contributed by atoms with Crippen LogP contribution in [0.3, 0.4) is 0 Å². The number of aliphatic carboxylic acids is 1. The molecular formula is C23H27NO5S. The highest BCUT2D eigenvalue weighted by Crippen LogP contribution is 2.39. The second-order valence-corrected chi connectivity index (χ2v) is 9.46. The molecule has 1 aliphatic rings. The van der Waals surface area contributed by atoms with E-state index in [1.54, 1.807) is 24.3 Å². The van der Waals surface area contributed by atoms with Gasteiger partial charge in [-0.25, -0.2) is 8.42 Å². The van der Waals surface area contributed by atoms with Crippen molar-refractivity contribution in [2.24, 2.45) is 0 Å². The third-order valence-corrected chi connectivity index (χ3v) is 6.92. The first-order chi connectivity index (χ1) is 14.2. The number of allylic oxidation sites excluding steroid dienone is 1. The highest BCUT2D eigenvalue weighted by molar-refractivity contribution is 7.92. The summed E-state index contributed by atoms with van der Waals surface area (Å²) in [6.07, 6.45) is 2.52. The van der Waals surface area contributed by atoms with Crippen LogP contribution in [0.25, 0.3) is 6.08 Å². The Morgan fingerprint density at radius 1 is 1.27 bits per heavy atom. The average molecular weight is 430 g/mol. The molecule has 0 fully saturated rings. The van der Waals surface area contributed by atoms with Gasteiger partial charge in [0.15, 0.2) is 0 Å². The second-order valence-electron chi connectivity index (χ2n) is 7.60. The summed E-state index contributed by atoms with van der Waals surface area (Å²) >= 11 is 0. The number of anilines is 1. The molecule has 0 saturated heterocycles. The van der Waals surface area contributed by atoms with Gasteiger partial charge in [-0.2, -0.15) is 0 Å². The van der Waals surface area contributed by atoms with Gasteiger partial charge in [0, 0.05) is 6.42 Å². The molecule has 0 aromatic heterocycles. The van der Waals surface area contributed by atoms with Crippen molar-refractivity contribution >= 4 is 27.8 Å². The number of aryl methyl sites for hydroxylation is 1. The monoisotopic (exact) mass is 429 g/mol. The van der Waals surface area contributed by atoms with Gasteiger partial charge in [0.1, 0.15) is 11.9 Å². The van der Waals surface area contributed by atoms with Gasteiger partial charge in [-0.15, -0.1) is 0 Å². The van der Waals surface area contributed by atoms with E-state index in [1.165, 1.54) is 9.88 Å². The molecule has 0 aliphatic carbocycles. The largest absolute Gasteiger partial charge is 0.486 e. The van der Waals surface area contributed by atoms with Gasteiger partial charge in [0.05, 0.1) is 17.1 Å². The van der Waals surface area contributed by atoms with Crippen LogP contribution >= 0.6 is 0 Å². The maximum Gasteiger partial charge on any atom is 0.303 e. The van der Waals surface area contributed by atoms with E-state index < -0.39 is 22.1 Å². The molecule has 1 aliphatic heterocycles. The third-order valence-electron chi connectivity index (χ3n) is 5.14. The Kier molecular flexibility index (Phi) is 6.51. The Labute approximate surface area is 177 Å². The number of sulfonamides is 1. The summed E-state index contributed by atoms with van der Waals surface area (Å²) in [6.45, 7) is 6.00. The molecule has 6 nitrogen and oxygen atoms in total. The molecular weight excluding hydrogens is 402 g/mol. The topological polar surface area (TPSA) is 83.9 Å². The Balaban J connectivity index is 2.07. The number of carbonyl (C=O) groups is 1. The smallest absolute Gasteiger partial charge is 0.303 e. The van der Waals surface area contributed by atoms with Crippen LogP contribution in [0.2, 0.25) is 0 Å². The number of hydrogen-bond acceptors (Lipinski definition) is 4. The van der Waals surface area contributed by atoms with Crippen LogP contribution in [0.4, 0.5) is 5.69 Å². The lowest BCUT2D eigenvalue weighted by atomic mass is 10.1. The summed E-state index contributed by atoms with van der Waals surface area (Å²) in [7, 11) is -3.83. The predicted octanol–water partition coefficient (Wildman–Crippen LogP) is 4.63. The zero-order chi connectivity index (χ0) is 21.9. The van der Waals surface area contributed by atoms with Crippen molar-refractivity contribution < 1.29 is 23.1 Å². The van der Waals surface area contributed by atoms with Gasteiger partial charge in [0.25, 0.3) is 10.0 Å². The van der Waals surface area contributed by atoms with Crippen molar-refractivity contribution in [1.82, 2.24) is 0 Å². The van der Waals surface area contributed by atoms with E-state index in [2.05, 4.69) is 6.92 Å². The van der Waals surface area contributed by atoms with Crippen LogP contribution in [0.1, 0.15) is 44.2 Å². The molecule has 0 bridgehead atoms. The molecule has 1 heterocycles. The summed E-state index contributed by atoms with van der Waals surface area (Å²) < 4.78 is 34.3.